The summed E-state index contributed by atoms with van der Waals surface area (Å²) in [7, 11) is 1.64. The summed E-state index contributed by atoms with van der Waals surface area (Å²) in [6.45, 7) is 3.06. The van der Waals surface area contributed by atoms with E-state index in [1.54, 1.807) is 13.2 Å². The number of rotatable bonds is 6. The first-order valence-corrected chi connectivity index (χ1v) is 11.6. The number of aliphatic hydroxyl groups is 1. The van der Waals surface area contributed by atoms with Gasteiger partial charge in [-0.1, -0.05) is 43.2 Å². The third-order valence-electron chi connectivity index (χ3n) is 6.92. The number of carbonyl (C=O) groups excluding carboxylic acids is 1. The standard InChI is InChI=1S/C27H33NO4/c1-3-32-24-10-5-4-8-22(24)26-23-9-6-7-17-27(23,30)18-19-28(26)25(29)16-13-20-11-14-21(31-2)15-12-20/h4-5,8,10-16,23,26,30H,3,6-7,9,17-19H2,1-2H3/b16-13+/t23-,26-,27+/m0/s1. The zero-order chi connectivity index (χ0) is 22.6. The van der Waals surface area contributed by atoms with E-state index in [2.05, 4.69) is 0 Å². The summed E-state index contributed by atoms with van der Waals surface area (Å²) in [4.78, 5) is 15.4. The maximum Gasteiger partial charge on any atom is 0.247 e. The van der Waals surface area contributed by atoms with E-state index < -0.39 is 5.60 Å². The minimum absolute atomic E-state index is 0.00458. The molecule has 0 unspecified atom stereocenters. The molecule has 4 rings (SSSR count). The van der Waals surface area contributed by atoms with Gasteiger partial charge in [0.1, 0.15) is 11.5 Å². The number of benzene rings is 2. The SMILES string of the molecule is CCOc1ccccc1[C@H]1[C@@H]2CCCC[C@@]2(O)CCN1C(=O)/C=C/c1ccc(OC)cc1. The number of carbonyl (C=O) groups is 1. The number of fused-ring (bicyclic) bond motifs is 1. The molecule has 170 valence electrons. The van der Waals surface area contributed by atoms with Gasteiger partial charge in [-0.2, -0.15) is 0 Å². The van der Waals surface area contributed by atoms with Crippen LogP contribution in [0, 0.1) is 5.92 Å². The maximum absolute atomic E-state index is 13.4. The predicted molar refractivity (Wildman–Crippen MR) is 126 cm³/mol. The fourth-order valence-electron chi connectivity index (χ4n) is 5.30. The molecule has 2 aliphatic rings. The number of amides is 1. The van der Waals surface area contributed by atoms with Crippen LogP contribution in [-0.4, -0.2) is 41.8 Å². The zero-order valence-corrected chi connectivity index (χ0v) is 19.0. The first-order chi connectivity index (χ1) is 15.6. The van der Waals surface area contributed by atoms with Crippen molar-refractivity contribution in [3.05, 3.63) is 65.7 Å². The number of likely N-dealkylation sites (tertiary alicyclic amines) is 1. The fraction of sp³-hybridized carbons (Fsp3) is 0.444. The van der Waals surface area contributed by atoms with Crippen LogP contribution in [0.4, 0.5) is 0 Å². The topological polar surface area (TPSA) is 59.0 Å². The van der Waals surface area contributed by atoms with E-state index in [1.807, 2.05) is 66.4 Å². The van der Waals surface area contributed by atoms with Crippen molar-refractivity contribution in [1.82, 2.24) is 4.90 Å². The highest BCUT2D eigenvalue weighted by molar-refractivity contribution is 5.92. The van der Waals surface area contributed by atoms with Crippen molar-refractivity contribution in [1.29, 1.82) is 0 Å². The van der Waals surface area contributed by atoms with Crippen molar-refractivity contribution in [2.75, 3.05) is 20.3 Å². The van der Waals surface area contributed by atoms with E-state index in [0.717, 1.165) is 48.3 Å². The highest BCUT2D eigenvalue weighted by atomic mass is 16.5. The van der Waals surface area contributed by atoms with Gasteiger partial charge in [0.15, 0.2) is 0 Å². The van der Waals surface area contributed by atoms with Gasteiger partial charge in [-0.25, -0.2) is 0 Å². The Morgan fingerprint density at radius 3 is 2.69 bits per heavy atom. The molecule has 1 aliphatic carbocycles. The lowest BCUT2D eigenvalue weighted by molar-refractivity contribution is -0.151. The maximum atomic E-state index is 13.4. The Balaban J connectivity index is 1.66. The Morgan fingerprint density at radius 2 is 1.94 bits per heavy atom. The number of nitrogens with zero attached hydrogens (tertiary/aromatic N) is 1. The van der Waals surface area contributed by atoms with Gasteiger partial charge in [0, 0.05) is 24.1 Å². The summed E-state index contributed by atoms with van der Waals surface area (Å²) in [5.74, 6) is 1.55. The molecule has 1 saturated carbocycles. The Labute approximate surface area is 190 Å². The van der Waals surface area contributed by atoms with Gasteiger partial charge in [-0.05, 0) is 56.0 Å². The van der Waals surface area contributed by atoms with Crippen molar-refractivity contribution in [3.63, 3.8) is 0 Å². The first-order valence-electron chi connectivity index (χ1n) is 11.6. The smallest absolute Gasteiger partial charge is 0.247 e. The van der Waals surface area contributed by atoms with Crippen LogP contribution < -0.4 is 9.47 Å². The number of para-hydroxylation sites is 1. The van der Waals surface area contributed by atoms with E-state index in [-0.39, 0.29) is 17.9 Å². The average Bonchev–Trinajstić information content (AvgIpc) is 2.82. The molecular weight excluding hydrogens is 402 g/mol. The third kappa shape index (κ3) is 4.53. The zero-order valence-electron chi connectivity index (χ0n) is 19.0. The summed E-state index contributed by atoms with van der Waals surface area (Å²) in [5, 5.41) is 11.5. The van der Waals surface area contributed by atoms with Gasteiger partial charge in [0.05, 0.1) is 25.4 Å². The molecule has 2 fully saturated rings. The van der Waals surface area contributed by atoms with Gasteiger partial charge in [0.2, 0.25) is 5.91 Å². The molecule has 3 atom stereocenters. The molecule has 5 heteroatoms. The molecule has 0 aromatic heterocycles. The van der Waals surface area contributed by atoms with E-state index in [4.69, 9.17) is 9.47 Å². The Hall–Kier alpha value is -2.79. The molecule has 32 heavy (non-hydrogen) atoms. The minimum Gasteiger partial charge on any atom is -0.497 e. The quantitative estimate of drug-likeness (QED) is 0.649. The molecular formula is C27H33NO4. The lowest BCUT2D eigenvalue weighted by Gasteiger charge is -2.52. The van der Waals surface area contributed by atoms with Gasteiger partial charge in [-0.15, -0.1) is 0 Å². The van der Waals surface area contributed by atoms with Crippen LogP contribution in [0.25, 0.3) is 6.08 Å². The van der Waals surface area contributed by atoms with Crippen LogP contribution in [0.5, 0.6) is 11.5 Å². The molecule has 0 spiro atoms. The minimum atomic E-state index is -0.723. The van der Waals surface area contributed by atoms with Crippen molar-refractivity contribution < 1.29 is 19.4 Å². The van der Waals surface area contributed by atoms with Crippen molar-refractivity contribution in [3.8, 4) is 11.5 Å². The molecule has 5 nitrogen and oxygen atoms in total. The van der Waals surface area contributed by atoms with Crippen molar-refractivity contribution in [2.45, 2.75) is 50.7 Å². The summed E-state index contributed by atoms with van der Waals surface area (Å²) >= 11 is 0. The van der Waals surface area contributed by atoms with Gasteiger partial charge < -0.3 is 19.5 Å². The van der Waals surface area contributed by atoms with Crippen LogP contribution >= 0.6 is 0 Å². The monoisotopic (exact) mass is 435 g/mol. The lowest BCUT2D eigenvalue weighted by atomic mass is 9.66. The second-order valence-electron chi connectivity index (χ2n) is 8.76. The second kappa shape index (κ2) is 9.78. The van der Waals surface area contributed by atoms with E-state index >= 15 is 0 Å². The molecule has 0 radical (unpaired) electrons. The van der Waals surface area contributed by atoms with Crippen molar-refractivity contribution >= 4 is 12.0 Å². The number of piperidine rings is 1. The normalized spacial score (nSPS) is 25.4. The average molecular weight is 436 g/mol. The molecule has 1 amide bonds. The van der Waals surface area contributed by atoms with Crippen LogP contribution in [0.3, 0.4) is 0 Å². The van der Waals surface area contributed by atoms with E-state index in [9.17, 15) is 9.90 Å². The Morgan fingerprint density at radius 1 is 1.16 bits per heavy atom. The molecule has 1 heterocycles. The van der Waals surface area contributed by atoms with Gasteiger partial charge in [-0.3, -0.25) is 4.79 Å². The van der Waals surface area contributed by atoms with Gasteiger partial charge >= 0.3 is 0 Å². The van der Waals surface area contributed by atoms with E-state index in [1.165, 1.54) is 0 Å². The molecule has 1 aliphatic heterocycles. The number of hydrogen-bond donors (Lipinski definition) is 1. The lowest BCUT2D eigenvalue weighted by Crippen LogP contribution is -2.56. The number of methoxy groups -OCH3 is 1. The molecule has 2 aromatic carbocycles. The van der Waals surface area contributed by atoms with Gasteiger partial charge in [0.25, 0.3) is 0 Å². The summed E-state index contributed by atoms with van der Waals surface area (Å²) < 4.78 is 11.1. The highest BCUT2D eigenvalue weighted by Gasteiger charge is 2.50. The molecule has 1 N–H and O–H groups in total. The van der Waals surface area contributed by atoms with Crippen LogP contribution in [0.15, 0.2) is 54.6 Å². The Kier molecular flexibility index (Phi) is 6.85. The predicted octanol–water partition coefficient (Wildman–Crippen LogP) is 5.00. The second-order valence-corrected chi connectivity index (χ2v) is 8.76. The van der Waals surface area contributed by atoms with Crippen LogP contribution in [0.2, 0.25) is 0 Å². The summed E-state index contributed by atoms with van der Waals surface area (Å²) in [6, 6.07) is 15.4. The summed E-state index contributed by atoms with van der Waals surface area (Å²) in [6.07, 6.45) is 7.93. The van der Waals surface area contributed by atoms with Crippen LogP contribution in [-0.2, 0) is 4.79 Å². The number of ether oxygens (including phenoxy) is 2. The van der Waals surface area contributed by atoms with E-state index in [0.29, 0.717) is 19.6 Å². The molecule has 2 aromatic rings. The Bertz CT molecular complexity index is 954. The molecule has 0 bridgehead atoms. The number of hydrogen-bond acceptors (Lipinski definition) is 4. The first kappa shape index (κ1) is 22.4. The van der Waals surface area contributed by atoms with Crippen molar-refractivity contribution in [2.24, 2.45) is 5.92 Å². The third-order valence-corrected chi connectivity index (χ3v) is 6.92. The summed E-state index contributed by atoms with van der Waals surface area (Å²) in [5.41, 5.74) is 1.21. The largest absolute Gasteiger partial charge is 0.497 e. The highest BCUT2D eigenvalue weighted by Crippen LogP contribution is 2.50. The molecule has 1 saturated heterocycles. The van der Waals surface area contributed by atoms with Crippen LogP contribution in [0.1, 0.15) is 56.2 Å². The fourth-order valence-corrected chi connectivity index (χ4v) is 5.30.